The Balaban J connectivity index is 2.80. The molecule has 1 heterocycles. The fraction of sp³-hybridized carbons (Fsp3) is 1.00. The summed E-state index contributed by atoms with van der Waals surface area (Å²) in [6.07, 6.45) is -0.0150. The summed E-state index contributed by atoms with van der Waals surface area (Å²) in [4.78, 5) is 0. The van der Waals surface area contributed by atoms with Crippen molar-refractivity contribution in [3.8, 4) is 0 Å². The standard InChI is InChI=1S/C6H13NO2S/c1-5-6(2)10(7,8)4-3-9-5/h5-7H,3-4H2,1-2H3/t5-,6+,10?/m1/s1. The smallest absolute Gasteiger partial charge is 0.0696 e. The number of hydrogen-bond donors (Lipinski definition) is 1. The van der Waals surface area contributed by atoms with E-state index in [-0.39, 0.29) is 11.4 Å². The van der Waals surface area contributed by atoms with Crippen molar-refractivity contribution in [1.29, 1.82) is 4.78 Å². The molecule has 0 aromatic heterocycles. The molecule has 10 heavy (non-hydrogen) atoms. The van der Waals surface area contributed by atoms with Crippen LogP contribution in [0, 0.1) is 4.78 Å². The van der Waals surface area contributed by atoms with Crippen LogP contribution in [0.15, 0.2) is 0 Å². The van der Waals surface area contributed by atoms with E-state index >= 15 is 0 Å². The average Bonchev–Trinajstić information content (AvgIpc) is 1.83. The van der Waals surface area contributed by atoms with Gasteiger partial charge in [-0.1, -0.05) is 0 Å². The van der Waals surface area contributed by atoms with E-state index in [2.05, 4.69) is 0 Å². The Morgan fingerprint density at radius 2 is 2.20 bits per heavy atom. The number of rotatable bonds is 0. The molecule has 1 rings (SSSR count). The molecular formula is C6H13NO2S. The van der Waals surface area contributed by atoms with Gasteiger partial charge in [0.1, 0.15) is 0 Å². The van der Waals surface area contributed by atoms with Gasteiger partial charge in [0, 0.05) is 0 Å². The number of nitrogens with one attached hydrogen (secondary N) is 1. The summed E-state index contributed by atoms with van der Waals surface area (Å²) in [5.41, 5.74) is 0. The van der Waals surface area contributed by atoms with Crippen molar-refractivity contribution in [2.24, 2.45) is 0 Å². The van der Waals surface area contributed by atoms with Crippen molar-refractivity contribution in [1.82, 2.24) is 0 Å². The van der Waals surface area contributed by atoms with E-state index in [1.54, 1.807) is 0 Å². The highest BCUT2D eigenvalue weighted by Gasteiger charge is 2.27. The first kappa shape index (κ1) is 8.01. The van der Waals surface area contributed by atoms with Crippen molar-refractivity contribution >= 4 is 9.73 Å². The molecule has 0 radical (unpaired) electrons. The lowest BCUT2D eigenvalue weighted by atomic mass is 10.3. The van der Waals surface area contributed by atoms with E-state index in [1.165, 1.54) is 0 Å². The van der Waals surface area contributed by atoms with Gasteiger partial charge in [-0.05, 0) is 13.8 Å². The molecule has 0 aliphatic carbocycles. The van der Waals surface area contributed by atoms with E-state index in [0.29, 0.717) is 12.4 Å². The molecule has 0 saturated carbocycles. The average molecular weight is 163 g/mol. The van der Waals surface area contributed by atoms with Gasteiger partial charge in [0.15, 0.2) is 0 Å². The lowest BCUT2D eigenvalue weighted by Crippen LogP contribution is -2.39. The maximum Gasteiger partial charge on any atom is 0.0696 e. The maximum atomic E-state index is 11.3. The topological polar surface area (TPSA) is 50.1 Å². The predicted octanol–water partition coefficient (Wildman–Crippen LogP) is 0.840. The van der Waals surface area contributed by atoms with Crippen LogP contribution in [0.25, 0.3) is 0 Å². The Morgan fingerprint density at radius 3 is 2.60 bits per heavy atom. The fourth-order valence-corrected chi connectivity index (χ4v) is 2.40. The Morgan fingerprint density at radius 1 is 1.60 bits per heavy atom. The lowest BCUT2D eigenvalue weighted by Gasteiger charge is -2.27. The van der Waals surface area contributed by atoms with Crippen LogP contribution in [-0.4, -0.2) is 27.9 Å². The molecule has 0 bridgehead atoms. The van der Waals surface area contributed by atoms with Crippen LogP contribution < -0.4 is 0 Å². The van der Waals surface area contributed by atoms with Gasteiger partial charge >= 0.3 is 0 Å². The largest absolute Gasteiger partial charge is 0.376 e. The molecule has 1 saturated heterocycles. The summed E-state index contributed by atoms with van der Waals surface area (Å²) in [6.45, 7) is 4.17. The Kier molecular flexibility index (Phi) is 2.01. The molecule has 60 valence electrons. The Hall–Kier alpha value is -0.0900. The first-order valence-electron chi connectivity index (χ1n) is 3.41. The van der Waals surface area contributed by atoms with Crippen molar-refractivity contribution in [2.75, 3.05) is 12.4 Å². The van der Waals surface area contributed by atoms with Crippen LogP contribution >= 0.6 is 0 Å². The van der Waals surface area contributed by atoms with Crippen LogP contribution in [-0.2, 0) is 14.5 Å². The van der Waals surface area contributed by atoms with Gasteiger partial charge in [-0.2, -0.15) is 0 Å². The van der Waals surface area contributed by atoms with E-state index in [9.17, 15) is 4.21 Å². The van der Waals surface area contributed by atoms with Crippen molar-refractivity contribution < 1.29 is 8.95 Å². The minimum Gasteiger partial charge on any atom is -0.376 e. The second kappa shape index (κ2) is 2.51. The second-order valence-electron chi connectivity index (χ2n) is 2.71. The summed E-state index contributed by atoms with van der Waals surface area (Å²) >= 11 is 0. The van der Waals surface area contributed by atoms with Crippen molar-refractivity contribution in [3.05, 3.63) is 0 Å². The zero-order valence-corrected chi connectivity index (χ0v) is 7.11. The molecule has 0 aromatic carbocycles. The molecule has 0 spiro atoms. The van der Waals surface area contributed by atoms with E-state index in [1.807, 2.05) is 13.8 Å². The second-order valence-corrected chi connectivity index (χ2v) is 5.32. The first-order valence-corrected chi connectivity index (χ1v) is 5.20. The van der Waals surface area contributed by atoms with Gasteiger partial charge in [0.2, 0.25) is 0 Å². The third-order valence-electron chi connectivity index (χ3n) is 2.03. The Bertz CT molecular complexity index is 210. The van der Waals surface area contributed by atoms with Crippen LogP contribution in [0.3, 0.4) is 0 Å². The molecule has 4 heteroatoms. The fourth-order valence-electron chi connectivity index (χ4n) is 0.989. The van der Waals surface area contributed by atoms with Gasteiger partial charge < -0.3 is 4.74 Å². The van der Waals surface area contributed by atoms with Crippen molar-refractivity contribution in [2.45, 2.75) is 25.2 Å². The minimum atomic E-state index is -2.34. The third kappa shape index (κ3) is 1.32. The zero-order chi connectivity index (χ0) is 7.78. The first-order chi connectivity index (χ1) is 4.54. The number of ether oxygens (including phenoxy) is 1. The highest BCUT2D eigenvalue weighted by Crippen LogP contribution is 2.15. The highest BCUT2D eigenvalue weighted by molar-refractivity contribution is 7.93. The summed E-state index contributed by atoms with van der Waals surface area (Å²) in [6, 6.07) is 0. The molecule has 3 nitrogen and oxygen atoms in total. The molecule has 0 amide bonds. The summed E-state index contributed by atoms with van der Waals surface area (Å²) in [5, 5.41) is -0.110. The van der Waals surface area contributed by atoms with Gasteiger partial charge in [-0.3, -0.25) is 4.78 Å². The van der Waals surface area contributed by atoms with Crippen molar-refractivity contribution in [3.63, 3.8) is 0 Å². The summed E-state index contributed by atoms with van der Waals surface area (Å²) < 4.78 is 24.0. The molecular weight excluding hydrogens is 150 g/mol. The molecule has 1 N–H and O–H groups in total. The van der Waals surface area contributed by atoms with Crippen LogP contribution in [0.1, 0.15) is 13.8 Å². The Labute approximate surface area is 61.7 Å². The molecule has 1 aliphatic heterocycles. The minimum absolute atomic E-state index is 0.0150. The summed E-state index contributed by atoms with van der Waals surface area (Å²) in [7, 11) is -2.34. The predicted molar refractivity (Wildman–Crippen MR) is 40.6 cm³/mol. The third-order valence-corrected chi connectivity index (χ3v) is 4.39. The van der Waals surface area contributed by atoms with Gasteiger partial charge in [-0.15, -0.1) is 0 Å². The monoisotopic (exact) mass is 163 g/mol. The zero-order valence-electron chi connectivity index (χ0n) is 6.29. The van der Waals surface area contributed by atoms with Gasteiger partial charge in [0.25, 0.3) is 0 Å². The van der Waals surface area contributed by atoms with Gasteiger partial charge in [0.05, 0.1) is 33.4 Å². The molecule has 1 fully saturated rings. The normalized spacial score (nSPS) is 49.0. The quantitative estimate of drug-likeness (QED) is 0.575. The molecule has 1 aliphatic rings. The van der Waals surface area contributed by atoms with Gasteiger partial charge in [-0.25, -0.2) is 4.21 Å². The molecule has 1 unspecified atom stereocenters. The van der Waals surface area contributed by atoms with E-state index in [0.717, 1.165) is 0 Å². The van der Waals surface area contributed by atoms with Crippen LogP contribution in [0.2, 0.25) is 0 Å². The maximum absolute atomic E-state index is 11.3. The van der Waals surface area contributed by atoms with Crippen LogP contribution in [0.4, 0.5) is 0 Å². The SMILES string of the molecule is C[C@H]1OCCS(=N)(=O)[C@H]1C. The molecule has 0 aromatic rings. The van der Waals surface area contributed by atoms with Crippen LogP contribution in [0.5, 0.6) is 0 Å². The lowest BCUT2D eigenvalue weighted by molar-refractivity contribution is 0.0692. The summed E-state index contributed by atoms with van der Waals surface area (Å²) in [5.74, 6) is 0.401. The highest BCUT2D eigenvalue weighted by atomic mass is 32.2. The molecule has 3 atom stereocenters. The number of hydrogen-bond acceptors (Lipinski definition) is 3. The van der Waals surface area contributed by atoms with E-state index in [4.69, 9.17) is 9.52 Å². The van der Waals surface area contributed by atoms with E-state index < -0.39 is 9.73 Å².